The van der Waals surface area contributed by atoms with E-state index in [1.165, 1.54) is 16.8 Å². The maximum Gasteiger partial charge on any atom is 0.316 e. The lowest BCUT2D eigenvalue weighted by molar-refractivity contribution is 0.0585. The van der Waals surface area contributed by atoms with E-state index >= 15 is 0 Å². The summed E-state index contributed by atoms with van der Waals surface area (Å²) in [6.07, 6.45) is 4.17. The highest BCUT2D eigenvalue weighted by atomic mass is 16.2. The van der Waals surface area contributed by atoms with E-state index in [-0.39, 0.29) is 12.1 Å². The fourth-order valence-electron chi connectivity index (χ4n) is 4.85. The van der Waals surface area contributed by atoms with Crippen LogP contribution >= 0.6 is 0 Å². The quantitative estimate of drug-likeness (QED) is 0.853. The Balaban J connectivity index is 1.66. The summed E-state index contributed by atoms with van der Waals surface area (Å²) in [6.45, 7) is 4.29. The summed E-state index contributed by atoms with van der Waals surface area (Å²) in [4.78, 5) is 16.6. The van der Waals surface area contributed by atoms with Gasteiger partial charge in [-0.05, 0) is 48.9 Å². The first kappa shape index (κ1) is 18.8. The molecule has 148 valence electrons. The van der Waals surface area contributed by atoms with Crippen LogP contribution in [0.25, 0.3) is 0 Å². The van der Waals surface area contributed by atoms with E-state index in [4.69, 9.17) is 5.73 Å². The number of hydrogen-bond acceptors (Lipinski definition) is 3. The minimum atomic E-state index is -0.477. The van der Waals surface area contributed by atoms with Gasteiger partial charge in [-0.1, -0.05) is 49.4 Å². The molecular weight excluding hydrogens is 348 g/mol. The lowest BCUT2D eigenvalue weighted by Gasteiger charge is -2.52. The van der Waals surface area contributed by atoms with Gasteiger partial charge in [0.2, 0.25) is 0 Å². The van der Waals surface area contributed by atoms with E-state index in [1.54, 1.807) is 0 Å². The van der Waals surface area contributed by atoms with Crippen molar-refractivity contribution in [1.29, 1.82) is 0 Å². The van der Waals surface area contributed by atoms with Crippen LogP contribution in [-0.4, -0.2) is 36.2 Å². The van der Waals surface area contributed by atoms with Crippen LogP contribution in [0.5, 0.6) is 0 Å². The van der Waals surface area contributed by atoms with Gasteiger partial charge in [-0.15, -0.1) is 0 Å². The van der Waals surface area contributed by atoms with Gasteiger partial charge in [0, 0.05) is 24.8 Å². The van der Waals surface area contributed by atoms with Gasteiger partial charge in [-0.3, -0.25) is 5.32 Å². The number of piperazine rings is 1. The Hall–Kier alpha value is -2.53. The molecular formula is C23H30N4O. The summed E-state index contributed by atoms with van der Waals surface area (Å²) in [5.41, 5.74) is 9.32. The number of nitrogens with one attached hydrogen (secondary N) is 1. The van der Waals surface area contributed by atoms with Crippen molar-refractivity contribution in [2.24, 2.45) is 5.73 Å². The molecule has 0 bridgehead atoms. The highest BCUT2D eigenvalue weighted by Gasteiger charge is 2.44. The molecule has 0 aromatic heterocycles. The number of rotatable bonds is 4. The third-order valence-electron chi connectivity index (χ3n) is 6.35. The average Bonchev–Trinajstić information content (AvgIpc) is 2.74. The molecule has 1 saturated heterocycles. The number of anilines is 1. The summed E-state index contributed by atoms with van der Waals surface area (Å²) in [6, 6.07) is 19.0. The van der Waals surface area contributed by atoms with Crippen LogP contribution in [-0.2, 0) is 6.42 Å². The van der Waals surface area contributed by atoms with Gasteiger partial charge in [-0.2, -0.15) is 0 Å². The lowest BCUT2D eigenvalue weighted by atomic mass is 9.86. The van der Waals surface area contributed by atoms with Gasteiger partial charge >= 0.3 is 6.03 Å². The molecule has 4 rings (SSSR count). The minimum absolute atomic E-state index is 0.238. The Bertz CT molecular complexity index is 824. The number of para-hydroxylation sites is 1. The van der Waals surface area contributed by atoms with Crippen LogP contribution in [0.15, 0.2) is 54.6 Å². The molecule has 1 aliphatic heterocycles. The molecule has 1 aliphatic carbocycles. The van der Waals surface area contributed by atoms with Crippen molar-refractivity contribution in [3.05, 3.63) is 65.7 Å². The molecule has 0 saturated carbocycles. The first-order chi connectivity index (χ1) is 13.6. The van der Waals surface area contributed by atoms with Crippen molar-refractivity contribution < 1.29 is 4.79 Å². The SMILES string of the molecule is CCC1(NC2CCCc3ccccc32)CN(c2ccccc2)CCN1C(N)=O. The summed E-state index contributed by atoms with van der Waals surface area (Å²) >= 11 is 0. The smallest absolute Gasteiger partial charge is 0.316 e. The van der Waals surface area contributed by atoms with Crippen molar-refractivity contribution in [3.63, 3.8) is 0 Å². The van der Waals surface area contributed by atoms with E-state index in [0.29, 0.717) is 6.54 Å². The molecule has 2 aliphatic rings. The molecule has 2 amide bonds. The third kappa shape index (κ3) is 3.47. The molecule has 2 aromatic carbocycles. The number of nitrogens with zero attached hydrogens (tertiary/aromatic N) is 2. The van der Waals surface area contributed by atoms with E-state index in [2.05, 4.69) is 65.7 Å². The van der Waals surface area contributed by atoms with Crippen LogP contribution in [0.3, 0.4) is 0 Å². The van der Waals surface area contributed by atoms with Gasteiger partial charge in [0.1, 0.15) is 5.66 Å². The largest absolute Gasteiger partial charge is 0.366 e. The van der Waals surface area contributed by atoms with Crippen molar-refractivity contribution in [2.45, 2.75) is 44.3 Å². The summed E-state index contributed by atoms with van der Waals surface area (Å²) < 4.78 is 0. The van der Waals surface area contributed by atoms with Crippen molar-refractivity contribution >= 4 is 11.7 Å². The topological polar surface area (TPSA) is 61.6 Å². The van der Waals surface area contributed by atoms with Gasteiger partial charge in [0.15, 0.2) is 0 Å². The maximum atomic E-state index is 12.3. The number of aryl methyl sites for hydroxylation is 1. The fourth-order valence-corrected chi connectivity index (χ4v) is 4.85. The van der Waals surface area contributed by atoms with Gasteiger partial charge in [-0.25, -0.2) is 4.79 Å². The Morgan fingerprint density at radius 3 is 2.64 bits per heavy atom. The number of nitrogens with two attached hydrogens (primary N) is 1. The van der Waals surface area contributed by atoms with Crippen LogP contribution in [0.1, 0.15) is 43.4 Å². The maximum absolute atomic E-state index is 12.3. The van der Waals surface area contributed by atoms with Gasteiger partial charge < -0.3 is 15.5 Å². The third-order valence-corrected chi connectivity index (χ3v) is 6.35. The Kier molecular flexibility index (Phi) is 5.27. The summed E-state index contributed by atoms with van der Waals surface area (Å²) in [7, 11) is 0. The van der Waals surface area contributed by atoms with E-state index < -0.39 is 5.66 Å². The summed E-state index contributed by atoms with van der Waals surface area (Å²) in [5, 5.41) is 3.89. The molecule has 28 heavy (non-hydrogen) atoms. The molecule has 0 spiro atoms. The zero-order chi connectivity index (χ0) is 19.6. The van der Waals surface area contributed by atoms with E-state index in [9.17, 15) is 4.79 Å². The van der Waals surface area contributed by atoms with Crippen molar-refractivity contribution in [2.75, 3.05) is 24.5 Å². The number of hydrogen-bond donors (Lipinski definition) is 2. The van der Waals surface area contributed by atoms with Crippen LogP contribution in [0.4, 0.5) is 10.5 Å². The molecule has 5 heteroatoms. The number of fused-ring (bicyclic) bond motifs is 1. The predicted octanol–water partition coefficient (Wildman–Crippen LogP) is 3.66. The second kappa shape index (κ2) is 7.84. The number of benzene rings is 2. The monoisotopic (exact) mass is 378 g/mol. The van der Waals surface area contributed by atoms with Crippen LogP contribution < -0.4 is 16.0 Å². The Labute approximate surface area is 167 Å². The Morgan fingerprint density at radius 2 is 1.89 bits per heavy atom. The molecule has 1 fully saturated rings. The standard InChI is InChI=1S/C23H30N4O/c1-2-23(25-21-14-8-10-18-9-6-7-13-20(18)21)17-26(15-16-27(23)22(24)28)19-11-4-3-5-12-19/h3-7,9,11-13,21,25H,2,8,10,14-17H2,1H3,(H2,24,28). The van der Waals surface area contributed by atoms with Gasteiger partial charge in [0.05, 0.1) is 6.54 Å². The first-order valence-corrected chi connectivity index (χ1v) is 10.4. The zero-order valence-corrected chi connectivity index (χ0v) is 16.6. The van der Waals surface area contributed by atoms with Crippen molar-refractivity contribution in [1.82, 2.24) is 10.2 Å². The predicted molar refractivity (Wildman–Crippen MR) is 113 cm³/mol. The van der Waals surface area contributed by atoms with Crippen LogP contribution in [0, 0.1) is 0 Å². The molecule has 2 unspecified atom stereocenters. The molecule has 0 radical (unpaired) electrons. The highest BCUT2D eigenvalue weighted by molar-refractivity contribution is 5.73. The highest BCUT2D eigenvalue weighted by Crippen LogP contribution is 2.35. The number of carbonyl (C=O) groups is 1. The van der Waals surface area contributed by atoms with E-state index in [0.717, 1.165) is 38.8 Å². The number of amides is 2. The number of carbonyl (C=O) groups excluding carboxylic acids is 1. The second-order valence-corrected chi connectivity index (χ2v) is 7.92. The molecule has 2 atom stereocenters. The zero-order valence-electron chi connectivity index (χ0n) is 16.6. The van der Waals surface area contributed by atoms with Gasteiger partial charge in [0.25, 0.3) is 0 Å². The van der Waals surface area contributed by atoms with E-state index in [1.807, 2.05) is 11.0 Å². The Morgan fingerprint density at radius 1 is 1.14 bits per heavy atom. The minimum Gasteiger partial charge on any atom is -0.366 e. The molecule has 2 aromatic rings. The molecule has 5 nitrogen and oxygen atoms in total. The number of primary amides is 1. The summed E-state index contributed by atoms with van der Waals surface area (Å²) in [5.74, 6) is 0. The molecule has 3 N–H and O–H groups in total. The van der Waals surface area contributed by atoms with Crippen molar-refractivity contribution in [3.8, 4) is 0 Å². The lowest BCUT2D eigenvalue weighted by Crippen LogP contribution is -2.71. The fraction of sp³-hybridized carbons (Fsp3) is 0.435. The first-order valence-electron chi connectivity index (χ1n) is 10.4. The second-order valence-electron chi connectivity index (χ2n) is 7.92. The normalized spacial score (nSPS) is 24.7. The van der Waals surface area contributed by atoms with Crippen LogP contribution in [0.2, 0.25) is 0 Å². The average molecular weight is 379 g/mol. The molecule has 1 heterocycles. The number of urea groups is 1.